The molecule has 1 heterocycles. The lowest BCUT2D eigenvalue weighted by molar-refractivity contribution is 0.475. The van der Waals surface area contributed by atoms with Gasteiger partial charge in [-0.2, -0.15) is 0 Å². The van der Waals surface area contributed by atoms with Gasteiger partial charge >= 0.3 is 0 Å². The number of fused-ring (bicyclic) bond motifs is 1. The third-order valence-electron chi connectivity index (χ3n) is 3.60. The summed E-state index contributed by atoms with van der Waals surface area (Å²) in [4.78, 5) is 9.30. The highest BCUT2D eigenvalue weighted by Crippen LogP contribution is 2.28. The molecular formula is C18H19N3O. The van der Waals surface area contributed by atoms with Gasteiger partial charge in [0.2, 0.25) is 0 Å². The largest absolute Gasteiger partial charge is 0.508 e. The number of nitrogens with zero attached hydrogens (tertiary/aromatic N) is 2. The molecule has 0 aliphatic carbocycles. The lowest BCUT2D eigenvalue weighted by Gasteiger charge is -2.14. The van der Waals surface area contributed by atoms with Crippen molar-refractivity contribution in [3.63, 3.8) is 0 Å². The first-order chi connectivity index (χ1) is 10.5. The van der Waals surface area contributed by atoms with Crippen LogP contribution in [0.1, 0.15) is 31.2 Å². The van der Waals surface area contributed by atoms with Gasteiger partial charge in [0.25, 0.3) is 0 Å². The third kappa shape index (κ3) is 2.72. The molecule has 4 nitrogen and oxygen atoms in total. The van der Waals surface area contributed by atoms with E-state index in [4.69, 9.17) is 0 Å². The second-order valence-corrected chi connectivity index (χ2v) is 5.73. The Bertz CT molecular complexity index is 828. The number of phenols is 1. The van der Waals surface area contributed by atoms with Gasteiger partial charge in [0.1, 0.15) is 17.4 Å². The Morgan fingerprint density at radius 2 is 1.82 bits per heavy atom. The zero-order valence-electron chi connectivity index (χ0n) is 13.0. The predicted octanol–water partition coefficient (Wildman–Crippen LogP) is 4.51. The van der Waals surface area contributed by atoms with Crippen LogP contribution in [0.2, 0.25) is 0 Å². The van der Waals surface area contributed by atoms with Gasteiger partial charge in [-0.15, -0.1) is 0 Å². The Morgan fingerprint density at radius 3 is 2.55 bits per heavy atom. The summed E-state index contributed by atoms with van der Waals surface area (Å²) in [6.07, 6.45) is 0. The van der Waals surface area contributed by atoms with E-state index >= 15 is 0 Å². The van der Waals surface area contributed by atoms with Gasteiger partial charge in [-0.25, -0.2) is 9.97 Å². The van der Waals surface area contributed by atoms with Crippen LogP contribution in [0.25, 0.3) is 10.9 Å². The molecule has 0 aliphatic rings. The average Bonchev–Trinajstić information content (AvgIpc) is 2.49. The van der Waals surface area contributed by atoms with E-state index in [1.165, 1.54) is 0 Å². The van der Waals surface area contributed by atoms with Crippen LogP contribution >= 0.6 is 0 Å². The molecule has 0 saturated carbocycles. The molecule has 0 spiro atoms. The predicted molar refractivity (Wildman–Crippen MR) is 89.8 cm³/mol. The van der Waals surface area contributed by atoms with E-state index in [2.05, 4.69) is 29.1 Å². The minimum absolute atomic E-state index is 0.256. The van der Waals surface area contributed by atoms with Crippen molar-refractivity contribution in [2.24, 2.45) is 0 Å². The van der Waals surface area contributed by atoms with Crippen molar-refractivity contribution in [1.29, 1.82) is 0 Å². The molecule has 0 atom stereocenters. The van der Waals surface area contributed by atoms with Gasteiger partial charge in [-0.3, -0.25) is 0 Å². The standard InChI is InChI=1S/C18H19N3O/c1-11(2)17-20-16-7-5-4-6-14(16)18(21-17)19-15-9-8-13(22)10-12(15)3/h4-11,22H,1-3H3,(H,19,20,21). The van der Waals surface area contributed by atoms with Crippen LogP contribution in [0, 0.1) is 6.92 Å². The number of aromatic nitrogens is 2. The lowest BCUT2D eigenvalue weighted by Crippen LogP contribution is -2.03. The number of benzene rings is 2. The summed E-state index contributed by atoms with van der Waals surface area (Å²) in [6.45, 7) is 6.12. The first-order valence-corrected chi connectivity index (χ1v) is 7.38. The van der Waals surface area contributed by atoms with Crippen LogP contribution in [-0.4, -0.2) is 15.1 Å². The molecule has 0 bridgehead atoms. The molecule has 22 heavy (non-hydrogen) atoms. The van der Waals surface area contributed by atoms with Crippen LogP contribution < -0.4 is 5.32 Å². The molecular weight excluding hydrogens is 274 g/mol. The fourth-order valence-corrected chi connectivity index (χ4v) is 2.36. The zero-order chi connectivity index (χ0) is 15.7. The summed E-state index contributed by atoms with van der Waals surface area (Å²) >= 11 is 0. The van der Waals surface area contributed by atoms with E-state index in [0.717, 1.165) is 33.8 Å². The number of anilines is 2. The molecule has 0 aliphatic heterocycles. The number of nitrogens with one attached hydrogen (secondary N) is 1. The van der Waals surface area contributed by atoms with Gasteiger partial charge in [0.15, 0.2) is 0 Å². The first-order valence-electron chi connectivity index (χ1n) is 7.38. The van der Waals surface area contributed by atoms with Crippen LogP contribution in [0.4, 0.5) is 11.5 Å². The Kier molecular flexibility index (Phi) is 3.67. The number of para-hydroxylation sites is 1. The highest BCUT2D eigenvalue weighted by Gasteiger charge is 2.11. The minimum Gasteiger partial charge on any atom is -0.508 e. The molecule has 2 N–H and O–H groups in total. The number of rotatable bonds is 3. The smallest absolute Gasteiger partial charge is 0.142 e. The summed E-state index contributed by atoms with van der Waals surface area (Å²) in [5, 5.41) is 13.9. The highest BCUT2D eigenvalue weighted by molar-refractivity contribution is 5.91. The Morgan fingerprint density at radius 1 is 1.05 bits per heavy atom. The van der Waals surface area contributed by atoms with Crippen LogP contribution in [-0.2, 0) is 0 Å². The molecule has 112 valence electrons. The SMILES string of the molecule is Cc1cc(O)ccc1Nc1nc(C(C)C)nc2ccccc12. The second-order valence-electron chi connectivity index (χ2n) is 5.73. The maximum Gasteiger partial charge on any atom is 0.142 e. The maximum absolute atomic E-state index is 9.54. The molecule has 0 amide bonds. The number of aromatic hydroxyl groups is 1. The Labute approximate surface area is 129 Å². The zero-order valence-corrected chi connectivity index (χ0v) is 13.0. The Hall–Kier alpha value is -2.62. The fourth-order valence-electron chi connectivity index (χ4n) is 2.36. The molecule has 3 rings (SSSR count). The van der Waals surface area contributed by atoms with Gasteiger partial charge in [-0.05, 0) is 42.8 Å². The Balaban J connectivity index is 2.12. The summed E-state index contributed by atoms with van der Waals surface area (Å²) in [5.41, 5.74) is 2.82. The van der Waals surface area contributed by atoms with Crippen molar-refractivity contribution in [3.8, 4) is 5.75 Å². The van der Waals surface area contributed by atoms with E-state index in [-0.39, 0.29) is 11.7 Å². The maximum atomic E-state index is 9.54. The van der Waals surface area contributed by atoms with Gasteiger partial charge in [0, 0.05) is 17.0 Å². The monoisotopic (exact) mass is 293 g/mol. The molecule has 0 saturated heterocycles. The quantitative estimate of drug-likeness (QED) is 0.697. The van der Waals surface area contributed by atoms with E-state index in [9.17, 15) is 5.11 Å². The molecule has 4 heteroatoms. The number of aryl methyl sites for hydroxylation is 1. The fraction of sp³-hybridized carbons (Fsp3) is 0.222. The normalized spacial score (nSPS) is 11.1. The average molecular weight is 293 g/mol. The van der Waals surface area contributed by atoms with Crippen LogP contribution in [0.5, 0.6) is 5.75 Å². The van der Waals surface area contributed by atoms with E-state index < -0.39 is 0 Å². The molecule has 2 aromatic carbocycles. The molecule has 0 unspecified atom stereocenters. The third-order valence-corrected chi connectivity index (χ3v) is 3.60. The summed E-state index contributed by atoms with van der Waals surface area (Å²) in [7, 11) is 0. The molecule has 3 aromatic rings. The number of hydrogen-bond acceptors (Lipinski definition) is 4. The topological polar surface area (TPSA) is 58.0 Å². The van der Waals surface area contributed by atoms with Gasteiger partial charge < -0.3 is 10.4 Å². The van der Waals surface area contributed by atoms with Crippen LogP contribution in [0.15, 0.2) is 42.5 Å². The molecule has 0 radical (unpaired) electrons. The van der Waals surface area contributed by atoms with Crippen molar-refractivity contribution in [3.05, 3.63) is 53.9 Å². The van der Waals surface area contributed by atoms with Crippen molar-refractivity contribution in [2.75, 3.05) is 5.32 Å². The first kappa shape index (κ1) is 14.3. The lowest BCUT2D eigenvalue weighted by atomic mass is 10.1. The van der Waals surface area contributed by atoms with Crippen molar-refractivity contribution in [1.82, 2.24) is 9.97 Å². The second kappa shape index (κ2) is 5.64. The van der Waals surface area contributed by atoms with Crippen LogP contribution in [0.3, 0.4) is 0 Å². The highest BCUT2D eigenvalue weighted by atomic mass is 16.3. The van der Waals surface area contributed by atoms with Crippen molar-refractivity contribution < 1.29 is 5.11 Å². The van der Waals surface area contributed by atoms with Gasteiger partial charge in [-0.1, -0.05) is 26.0 Å². The number of phenolic OH excluding ortho intramolecular Hbond substituents is 1. The summed E-state index contributed by atoms with van der Waals surface area (Å²) < 4.78 is 0. The van der Waals surface area contributed by atoms with E-state index in [1.54, 1.807) is 12.1 Å². The van der Waals surface area contributed by atoms with E-state index in [1.807, 2.05) is 37.3 Å². The van der Waals surface area contributed by atoms with E-state index in [0.29, 0.717) is 0 Å². The van der Waals surface area contributed by atoms with Crippen molar-refractivity contribution >= 4 is 22.4 Å². The summed E-state index contributed by atoms with van der Waals surface area (Å²) in [5.74, 6) is 2.13. The molecule has 0 fully saturated rings. The molecule has 1 aromatic heterocycles. The summed E-state index contributed by atoms with van der Waals surface area (Å²) in [6, 6.07) is 13.2. The van der Waals surface area contributed by atoms with Gasteiger partial charge in [0.05, 0.1) is 5.52 Å². The minimum atomic E-state index is 0.256. The van der Waals surface area contributed by atoms with Crippen molar-refractivity contribution in [2.45, 2.75) is 26.7 Å². The number of hydrogen-bond donors (Lipinski definition) is 2.